The third-order valence-electron chi connectivity index (χ3n) is 4.17. The fourth-order valence-corrected chi connectivity index (χ4v) is 3.27. The molecule has 0 amide bonds. The Morgan fingerprint density at radius 2 is 2.29 bits per heavy atom. The van der Waals surface area contributed by atoms with E-state index in [0.717, 1.165) is 13.0 Å². The largest absolute Gasteiger partial charge is 0.465 e. The molecule has 1 aliphatic heterocycles. The van der Waals surface area contributed by atoms with Crippen LogP contribution >= 0.6 is 0 Å². The molecule has 17 heavy (non-hydrogen) atoms. The average molecular weight is 241 g/mol. The molecule has 0 aromatic carbocycles. The van der Waals surface area contributed by atoms with E-state index in [1.165, 1.54) is 0 Å². The van der Waals surface area contributed by atoms with Gasteiger partial charge in [0, 0.05) is 24.0 Å². The van der Waals surface area contributed by atoms with E-state index >= 15 is 0 Å². The molecule has 4 heteroatoms. The Bertz CT molecular complexity index is 303. The Kier molecular flexibility index (Phi) is 3.46. The molecule has 0 spiro atoms. The molecule has 4 unspecified atom stereocenters. The minimum atomic E-state index is -0.235. The second kappa shape index (κ2) is 4.58. The maximum atomic E-state index is 11.6. The molecule has 4 atom stereocenters. The molecule has 0 bridgehead atoms. The summed E-state index contributed by atoms with van der Waals surface area (Å²) in [5.41, 5.74) is 0.113. The predicted octanol–water partition coefficient (Wildman–Crippen LogP) is 1.34. The zero-order valence-electron chi connectivity index (χ0n) is 11.2. The van der Waals surface area contributed by atoms with Crippen LogP contribution in [0.2, 0.25) is 0 Å². The third kappa shape index (κ3) is 2.08. The van der Waals surface area contributed by atoms with Crippen LogP contribution in [0.3, 0.4) is 0 Å². The SMILES string of the molecule is CCOC(=O)C(C)NC1C2CCOC2C1(C)C. The minimum absolute atomic E-state index is 0.113. The minimum Gasteiger partial charge on any atom is -0.465 e. The summed E-state index contributed by atoms with van der Waals surface area (Å²) in [6.07, 6.45) is 1.45. The maximum absolute atomic E-state index is 11.6. The molecule has 1 heterocycles. The maximum Gasteiger partial charge on any atom is 0.322 e. The molecule has 1 N–H and O–H groups in total. The average Bonchev–Trinajstić information content (AvgIpc) is 2.72. The van der Waals surface area contributed by atoms with Crippen LogP contribution in [0, 0.1) is 11.3 Å². The summed E-state index contributed by atoms with van der Waals surface area (Å²) in [5, 5.41) is 3.41. The van der Waals surface area contributed by atoms with Crippen molar-refractivity contribution in [3.8, 4) is 0 Å². The Labute approximate surface area is 103 Å². The summed E-state index contributed by atoms with van der Waals surface area (Å²) in [5.74, 6) is 0.396. The van der Waals surface area contributed by atoms with E-state index in [1.54, 1.807) is 0 Å². The summed E-state index contributed by atoms with van der Waals surface area (Å²) in [6, 6.07) is 0.121. The van der Waals surface area contributed by atoms with Crippen molar-refractivity contribution in [2.45, 2.75) is 52.3 Å². The molecule has 2 rings (SSSR count). The molecule has 0 aromatic rings. The van der Waals surface area contributed by atoms with Gasteiger partial charge in [0.1, 0.15) is 6.04 Å². The van der Waals surface area contributed by atoms with Crippen LogP contribution in [-0.4, -0.2) is 37.4 Å². The van der Waals surface area contributed by atoms with E-state index in [4.69, 9.17) is 9.47 Å². The first kappa shape index (κ1) is 12.8. The van der Waals surface area contributed by atoms with Crippen LogP contribution in [0.15, 0.2) is 0 Å². The molecule has 2 fully saturated rings. The topological polar surface area (TPSA) is 47.6 Å². The van der Waals surface area contributed by atoms with Crippen molar-refractivity contribution >= 4 is 5.97 Å². The standard InChI is InChI=1S/C13H23NO3/c1-5-16-12(15)8(2)14-10-9-6-7-17-11(9)13(10,3)4/h8-11,14H,5-7H2,1-4H3. The monoisotopic (exact) mass is 241 g/mol. The fourth-order valence-electron chi connectivity index (χ4n) is 3.27. The first-order valence-electron chi connectivity index (χ1n) is 6.52. The lowest BCUT2D eigenvalue weighted by molar-refractivity contribution is -0.149. The highest BCUT2D eigenvalue weighted by atomic mass is 16.5. The van der Waals surface area contributed by atoms with Gasteiger partial charge in [0.2, 0.25) is 0 Å². The first-order valence-corrected chi connectivity index (χ1v) is 6.52. The van der Waals surface area contributed by atoms with Gasteiger partial charge in [-0.05, 0) is 20.3 Å². The van der Waals surface area contributed by atoms with Gasteiger partial charge in [0.15, 0.2) is 0 Å². The molecule has 1 saturated heterocycles. The van der Waals surface area contributed by atoms with Crippen LogP contribution in [0.1, 0.15) is 34.1 Å². The lowest BCUT2D eigenvalue weighted by Gasteiger charge is -2.55. The second-order valence-corrected chi connectivity index (χ2v) is 5.68. The lowest BCUT2D eigenvalue weighted by atomic mass is 9.57. The summed E-state index contributed by atoms with van der Waals surface area (Å²) >= 11 is 0. The van der Waals surface area contributed by atoms with E-state index in [-0.39, 0.29) is 17.4 Å². The van der Waals surface area contributed by atoms with Crippen molar-refractivity contribution in [3.05, 3.63) is 0 Å². The Morgan fingerprint density at radius 1 is 1.59 bits per heavy atom. The fraction of sp³-hybridized carbons (Fsp3) is 0.923. The normalized spacial score (nSPS) is 35.9. The molecule has 1 aliphatic carbocycles. The number of ether oxygens (including phenoxy) is 2. The van der Waals surface area contributed by atoms with Crippen LogP contribution < -0.4 is 5.32 Å². The van der Waals surface area contributed by atoms with Gasteiger partial charge in [-0.25, -0.2) is 0 Å². The van der Waals surface area contributed by atoms with E-state index in [9.17, 15) is 4.79 Å². The van der Waals surface area contributed by atoms with Crippen LogP contribution in [0.4, 0.5) is 0 Å². The third-order valence-corrected chi connectivity index (χ3v) is 4.17. The summed E-state index contributed by atoms with van der Waals surface area (Å²) in [7, 11) is 0. The molecule has 98 valence electrons. The van der Waals surface area contributed by atoms with Crippen molar-refractivity contribution in [1.29, 1.82) is 0 Å². The highest BCUT2D eigenvalue weighted by Crippen LogP contribution is 2.52. The molecular weight excluding hydrogens is 218 g/mol. The van der Waals surface area contributed by atoms with Crippen molar-refractivity contribution in [1.82, 2.24) is 5.32 Å². The van der Waals surface area contributed by atoms with Crippen LogP contribution in [0.25, 0.3) is 0 Å². The van der Waals surface area contributed by atoms with Crippen LogP contribution in [0.5, 0.6) is 0 Å². The quantitative estimate of drug-likeness (QED) is 0.755. The predicted molar refractivity (Wildman–Crippen MR) is 64.6 cm³/mol. The van der Waals surface area contributed by atoms with Crippen molar-refractivity contribution in [2.24, 2.45) is 11.3 Å². The van der Waals surface area contributed by atoms with Gasteiger partial charge in [0.25, 0.3) is 0 Å². The van der Waals surface area contributed by atoms with Gasteiger partial charge in [-0.1, -0.05) is 13.8 Å². The Morgan fingerprint density at radius 3 is 2.94 bits per heavy atom. The van der Waals surface area contributed by atoms with Gasteiger partial charge in [-0.2, -0.15) is 0 Å². The lowest BCUT2D eigenvalue weighted by Crippen LogP contribution is -2.67. The number of esters is 1. The summed E-state index contributed by atoms with van der Waals surface area (Å²) in [6.45, 7) is 9.40. The number of nitrogens with one attached hydrogen (secondary N) is 1. The van der Waals surface area contributed by atoms with Gasteiger partial charge in [-0.15, -0.1) is 0 Å². The molecule has 1 saturated carbocycles. The molecular formula is C13H23NO3. The van der Waals surface area contributed by atoms with E-state index in [2.05, 4.69) is 19.2 Å². The van der Waals surface area contributed by atoms with Crippen molar-refractivity contribution < 1.29 is 14.3 Å². The number of hydrogen-bond donors (Lipinski definition) is 1. The highest BCUT2D eigenvalue weighted by Gasteiger charge is 2.59. The summed E-state index contributed by atoms with van der Waals surface area (Å²) in [4.78, 5) is 11.6. The second-order valence-electron chi connectivity index (χ2n) is 5.68. The zero-order chi connectivity index (χ0) is 12.6. The number of carbonyl (C=O) groups is 1. The molecule has 2 aliphatic rings. The highest BCUT2D eigenvalue weighted by molar-refractivity contribution is 5.75. The number of rotatable bonds is 4. The van der Waals surface area contributed by atoms with Gasteiger partial charge < -0.3 is 14.8 Å². The molecule has 4 nitrogen and oxygen atoms in total. The number of fused-ring (bicyclic) bond motifs is 1. The van der Waals surface area contributed by atoms with E-state index in [1.807, 2.05) is 13.8 Å². The smallest absolute Gasteiger partial charge is 0.322 e. The summed E-state index contributed by atoms with van der Waals surface area (Å²) < 4.78 is 10.8. The van der Waals surface area contributed by atoms with Gasteiger partial charge in [0.05, 0.1) is 12.7 Å². The number of hydrogen-bond acceptors (Lipinski definition) is 4. The molecule has 0 radical (unpaired) electrons. The van der Waals surface area contributed by atoms with Crippen LogP contribution in [-0.2, 0) is 14.3 Å². The first-order chi connectivity index (χ1) is 7.98. The van der Waals surface area contributed by atoms with E-state index in [0.29, 0.717) is 24.7 Å². The zero-order valence-corrected chi connectivity index (χ0v) is 11.2. The van der Waals surface area contributed by atoms with Crippen molar-refractivity contribution in [2.75, 3.05) is 13.2 Å². The Hall–Kier alpha value is -0.610. The van der Waals surface area contributed by atoms with E-state index < -0.39 is 0 Å². The van der Waals surface area contributed by atoms with Gasteiger partial charge >= 0.3 is 5.97 Å². The van der Waals surface area contributed by atoms with Gasteiger partial charge in [-0.3, -0.25) is 4.79 Å². The number of carbonyl (C=O) groups excluding carboxylic acids is 1. The Balaban J connectivity index is 1.93. The van der Waals surface area contributed by atoms with Crippen molar-refractivity contribution in [3.63, 3.8) is 0 Å². The molecule has 0 aromatic heterocycles.